The summed E-state index contributed by atoms with van der Waals surface area (Å²) in [6.45, 7) is 1.55. The van der Waals surface area contributed by atoms with Crippen LogP contribution >= 0.6 is 34.5 Å². The Labute approximate surface area is 117 Å². The van der Waals surface area contributed by atoms with Crippen molar-refractivity contribution < 1.29 is 9.18 Å². The van der Waals surface area contributed by atoms with Crippen molar-refractivity contribution in [2.75, 3.05) is 5.73 Å². The van der Waals surface area contributed by atoms with Gasteiger partial charge in [0.2, 0.25) is 0 Å². The predicted molar refractivity (Wildman–Crippen MR) is 73.3 cm³/mol. The van der Waals surface area contributed by atoms with Gasteiger partial charge in [-0.1, -0.05) is 23.2 Å². The van der Waals surface area contributed by atoms with Crippen LogP contribution in [0.3, 0.4) is 0 Å². The smallest absolute Gasteiger partial charge is 0.198 e. The maximum atomic E-state index is 13.9. The number of hydrogen-bond acceptors (Lipinski definition) is 3. The molecular formula is C12H8Cl2FNOS. The van der Waals surface area contributed by atoms with Crippen LogP contribution in [0, 0.1) is 12.7 Å². The second-order valence-electron chi connectivity index (χ2n) is 3.77. The molecule has 1 aromatic heterocycles. The van der Waals surface area contributed by atoms with Crippen LogP contribution < -0.4 is 5.73 Å². The van der Waals surface area contributed by atoms with Crippen molar-refractivity contribution in [3.8, 4) is 0 Å². The van der Waals surface area contributed by atoms with E-state index in [2.05, 4.69) is 0 Å². The molecule has 6 heteroatoms. The van der Waals surface area contributed by atoms with Crippen molar-refractivity contribution in [2.24, 2.45) is 0 Å². The Morgan fingerprint density at radius 2 is 1.94 bits per heavy atom. The van der Waals surface area contributed by atoms with Crippen molar-refractivity contribution in [3.63, 3.8) is 0 Å². The van der Waals surface area contributed by atoms with Gasteiger partial charge in [-0.15, -0.1) is 11.3 Å². The van der Waals surface area contributed by atoms with E-state index in [-0.39, 0.29) is 15.5 Å². The van der Waals surface area contributed by atoms with Gasteiger partial charge in [-0.3, -0.25) is 4.79 Å². The standard InChI is InChI=1S/C12H8Cl2FNOS/c1-5-2-6(16)3-7(10(5)15)11(17)8-4-9(13)18-12(8)14/h2-4H,16H2,1H3. The number of hydrogen-bond donors (Lipinski definition) is 1. The molecule has 0 fully saturated rings. The summed E-state index contributed by atoms with van der Waals surface area (Å²) in [4.78, 5) is 12.2. The highest BCUT2D eigenvalue weighted by atomic mass is 35.5. The SMILES string of the molecule is Cc1cc(N)cc(C(=O)c2cc(Cl)sc2Cl)c1F. The molecule has 18 heavy (non-hydrogen) atoms. The molecule has 0 aliphatic carbocycles. The monoisotopic (exact) mass is 303 g/mol. The third kappa shape index (κ3) is 2.36. The lowest BCUT2D eigenvalue weighted by Crippen LogP contribution is -2.06. The Balaban J connectivity index is 2.56. The summed E-state index contributed by atoms with van der Waals surface area (Å²) in [6.07, 6.45) is 0. The van der Waals surface area contributed by atoms with Gasteiger partial charge in [0.05, 0.1) is 15.5 Å². The molecule has 0 unspecified atom stereocenters. The van der Waals surface area contributed by atoms with Crippen molar-refractivity contribution in [2.45, 2.75) is 6.92 Å². The van der Waals surface area contributed by atoms with E-state index in [9.17, 15) is 9.18 Å². The largest absolute Gasteiger partial charge is 0.399 e. The van der Waals surface area contributed by atoms with E-state index in [0.29, 0.717) is 15.6 Å². The summed E-state index contributed by atoms with van der Waals surface area (Å²) in [5, 5.41) is 0. The third-order valence-electron chi connectivity index (χ3n) is 2.42. The number of carbonyl (C=O) groups excluding carboxylic acids is 1. The number of nitrogen functional groups attached to an aromatic ring is 1. The van der Waals surface area contributed by atoms with Crippen LogP contribution in [0.1, 0.15) is 21.5 Å². The van der Waals surface area contributed by atoms with E-state index >= 15 is 0 Å². The van der Waals surface area contributed by atoms with Gasteiger partial charge in [-0.25, -0.2) is 4.39 Å². The molecule has 1 aromatic carbocycles. The van der Waals surface area contributed by atoms with Crippen LogP contribution in [0.25, 0.3) is 0 Å². The van der Waals surface area contributed by atoms with E-state index in [1.54, 1.807) is 6.92 Å². The van der Waals surface area contributed by atoms with E-state index in [0.717, 1.165) is 11.3 Å². The molecule has 1 heterocycles. The number of aryl methyl sites for hydroxylation is 1. The molecule has 0 spiro atoms. The van der Waals surface area contributed by atoms with E-state index < -0.39 is 11.6 Å². The third-order valence-corrected chi connectivity index (χ3v) is 3.91. The second kappa shape index (κ2) is 4.88. The summed E-state index contributed by atoms with van der Waals surface area (Å²) in [6, 6.07) is 4.19. The number of rotatable bonds is 2. The van der Waals surface area contributed by atoms with E-state index in [1.165, 1.54) is 18.2 Å². The Bertz CT molecular complexity index is 639. The molecule has 2 nitrogen and oxygen atoms in total. The first kappa shape index (κ1) is 13.3. The number of nitrogens with two attached hydrogens (primary N) is 1. The number of anilines is 1. The minimum Gasteiger partial charge on any atom is -0.399 e. The van der Waals surface area contributed by atoms with Crippen LogP contribution in [-0.4, -0.2) is 5.78 Å². The number of halogens is 3. The molecule has 0 aliphatic heterocycles. The molecule has 2 rings (SSSR count). The zero-order chi connectivity index (χ0) is 13.4. The number of thiophene rings is 1. The van der Waals surface area contributed by atoms with Gasteiger partial charge in [0.15, 0.2) is 5.78 Å². The number of carbonyl (C=O) groups is 1. The minimum atomic E-state index is -0.590. The molecule has 94 valence electrons. The maximum absolute atomic E-state index is 13.9. The van der Waals surface area contributed by atoms with E-state index in [1.807, 2.05) is 0 Å². The Morgan fingerprint density at radius 3 is 2.50 bits per heavy atom. The summed E-state index contributed by atoms with van der Waals surface area (Å²) < 4.78 is 14.5. The average Bonchev–Trinajstić information content (AvgIpc) is 2.62. The highest BCUT2D eigenvalue weighted by Crippen LogP contribution is 2.33. The molecule has 2 aromatic rings. The van der Waals surface area contributed by atoms with Crippen molar-refractivity contribution in [3.05, 3.63) is 49.4 Å². The second-order valence-corrected chi connectivity index (χ2v) is 6.05. The molecule has 0 aliphatic rings. The summed E-state index contributed by atoms with van der Waals surface area (Å²) in [5.74, 6) is -1.11. The van der Waals surface area contributed by atoms with Gasteiger partial charge >= 0.3 is 0 Å². The Morgan fingerprint density at radius 1 is 1.28 bits per heavy atom. The molecule has 0 radical (unpaired) electrons. The van der Waals surface area contributed by atoms with Gasteiger partial charge in [-0.05, 0) is 30.7 Å². The van der Waals surface area contributed by atoms with Gasteiger partial charge in [-0.2, -0.15) is 0 Å². The van der Waals surface area contributed by atoms with E-state index in [4.69, 9.17) is 28.9 Å². The van der Waals surface area contributed by atoms with Gasteiger partial charge in [0.25, 0.3) is 0 Å². The minimum absolute atomic E-state index is 0.0936. The van der Waals surface area contributed by atoms with Crippen LogP contribution in [0.5, 0.6) is 0 Å². The molecule has 2 N–H and O–H groups in total. The van der Waals surface area contributed by atoms with Gasteiger partial charge in [0.1, 0.15) is 10.2 Å². The lowest BCUT2D eigenvalue weighted by molar-refractivity contribution is 0.103. The van der Waals surface area contributed by atoms with Crippen molar-refractivity contribution in [1.29, 1.82) is 0 Å². The molecular weight excluding hydrogens is 296 g/mol. The van der Waals surface area contributed by atoms with Crippen molar-refractivity contribution in [1.82, 2.24) is 0 Å². The normalized spacial score (nSPS) is 10.7. The summed E-state index contributed by atoms with van der Waals surface area (Å²) >= 11 is 12.7. The molecule has 0 amide bonds. The number of benzene rings is 1. The molecule has 0 saturated heterocycles. The fourth-order valence-corrected chi connectivity index (χ4v) is 3.06. The first-order valence-corrected chi connectivity index (χ1v) is 6.52. The first-order chi connectivity index (χ1) is 8.40. The number of ketones is 1. The van der Waals surface area contributed by atoms with Crippen LogP contribution in [0.4, 0.5) is 10.1 Å². The Kier molecular flexibility index (Phi) is 3.61. The maximum Gasteiger partial charge on any atom is 0.198 e. The summed E-state index contributed by atoms with van der Waals surface area (Å²) in [5.41, 5.74) is 6.35. The lowest BCUT2D eigenvalue weighted by atomic mass is 10.0. The van der Waals surface area contributed by atoms with Crippen LogP contribution in [0.15, 0.2) is 18.2 Å². The van der Waals surface area contributed by atoms with Crippen LogP contribution in [0.2, 0.25) is 8.67 Å². The first-order valence-electron chi connectivity index (χ1n) is 4.95. The fourth-order valence-electron chi connectivity index (χ4n) is 1.60. The lowest BCUT2D eigenvalue weighted by Gasteiger charge is -2.06. The highest BCUT2D eigenvalue weighted by molar-refractivity contribution is 7.20. The zero-order valence-corrected chi connectivity index (χ0v) is 11.6. The van der Waals surface area contributed by atoms with Crippen LogP contribution in [-0.2, 0) is 0 Å². The topological polar surface area (TPSA) is 43.1 Å². The predicted octanol–water partition coefficient (Wildman–Crippen LogP) is 4.32. The van der Waals surface area contributed by atoms with Gasteiger partial charge < -0.3 is 5.73 Å². The molecule has 0 saturated carbocycles. The Hall–Kier alpha value is -1.10. The molecule has 0 atom stereocenters. The molecule has 0 bridgehead atoms. The highest BCUT2D eigenvalue weighted by Gasteiger charge is 2.20. The van der Waals surface area contributed by atoms with Gasteiger partial charge in [0, 0.05) is 5.69 Å². The quantitative estimate of drug-likeness (QED) is 0.663. The fraction of sp³-hybridized carbons (Fsp3) is 0.0833. The zero-order valence-electron chi connectivity index (χ0n) is 9.26. The summed E-state index contributed by atoms with van der Waals surface area (Å²) in [7, 11) is 0. The van der Waals surface area contributed by atoms with Crippen molar-refractivity contribution >= 4 is 46.0 Å². The average molecular weight is 304 g/mol.